The molecule has 0 fully saturated rings. The van der Waals surface area contributed by atoms with Gasteiger partial charge in [-0.3, -0.25) is 4.79 Å². The summed E-state index contributed by atoms with van der Waals surface area (Å²) in [4.78, 5) is 8.36. The van der Waals surface area contributed by atoms with E-state index in [-0.39, 0.29) is 6.47 Å². The Balaban J connectivity index is -0.000000232. The van der Waals surface area contributed by atoms with Crippen molar-refractivity contribution in [3.05, 3.63) is 0 Å². The van der Waals surface area contributed by atoms with Gasteiger partial charge in [-0.15, -0.1) is 0 Å². The van der Waals surface area contributed by atoms with Gasteiger partial charge in [0.25, 0.3) is 6.47 Å². The molecule has 0 saturated carbocycles. The third-order valence-corrected chi connectivity index (χ3v) is 9.45. The first-order valence-corrected chi connectivity index (χ1v) is 14.2. The normalized spacial score (nSPS) is 9.06. The monoisotopic (exact) mass is 465 g/mol. The summed E-state index contributed by atoms with van der Waals surface area (Å²) in [6, 6.07) is 0. The average molecular weight is 465 g/mol. The summed E-state index contributed by atoms with van der Waals surface area (Å²) in [6.45, 7) is 4.25. The van der Waals surface area contributed by atoms with E-state index in [9.17, 15) is 0 Å². The van der Waals surface area contributed by atoms with E-state index in [4.69, 9.17) is 26.4 Å². The number of hydrogen-bond acceptors (Lipinski definition) is 5. The molecule has 0 aliphatic rings. The molecular formula is C9H23NO5PbS-. The maximum atomic E-state index is 8.56. The van der Waals surface area contributed by atoms with Crippen LogP contribution in [-0.2, 0) is 24.2 Å². The van der Waals surface area contributed by atoms with Crippen LogP contribution < -0.4 is 3.54 Å². The Labute approximate surface area is 114 Å². The summed E-state index contributed by atoms with van der Waals surface area (Å²) in [7, 11) is -2.86. The summed E-state index contributed by atoms with van der Waals surface area (Å²) >= 11 is -1.38. The van der Waals surface area contributed by atoms with Crippen LogP contribution in [0.2, 0.25) is 7.96 Å². The van der Waals surface area contributed by atoms with Gasteiger partial charge in [-0.25, -0.2) is 0 Å². The van der Waals surface area contributed by atoms with Gasteiger partial charge in [0.2, 0.25) is 0 Å². The molecule has 0 aliphatic heterocycles. The van der Waals surface area contributed by atoms with Crippen molar-refractivity contribution >= 4 is 40.5 Å². The van der Waals surface area contributed by atoms with Crippen LogP contribution in [0.25, 0.3) is 0 Å². The average Bonchev–Trinajstić information content (AvgIpc) is 2.23. The molecule has 17 heavy (non-hydrogen) atoms. The Bertz CT molecular complexity index is 198. The van der Waals surface area contributed by atoms with E-state index >= 15 is 0 Å². The van der Waals surface area contributed by atoms with E-state index < -0.39 is 34.0 Å². The standard InChI is InChI=1S/2C4H9.CH2O2.H2N.HO3S.Pb/c2*1-3-4-2;2-1-3;;1-4(2)3;/h2*1,3-4H2,2H3;1H,(H,2,3);1H2;(H,1,2,3);/q;;;2*-1;+1. The van der Waals surface area contributed by atoms with Crippen molar-refractivity contribution < 1.29 is 22.9 Å². The predicted molar refractivity (Wildman–Crippen MR) is 69.4 cm³/mol. The van der Waals surface area contributed by atoms with Crippen molar-refractivity contribution in [2.75, 3.05) is 0 Å². The quantitative estimate of drug-likeness (QED) is 0.182. The molecular weight excluding hydrogens is 441 g/mol. The Morgan fingerprint density at radius 3 is 1.59 bits per heavy atom. The van der Waals surface area contributed by atoms with E-state index in [0.717, 1.165) is 0 Å². The van der Waals surface area contributed by atoms with Crippen LogP contribution in [0.3, 0.4) is 0 Å². The van der Waals surface area contributed by atoms with Crippen molar-refractivity contribution in [3.8, 4) is 0 Å². The van der Waals surface area contributed by atoms with Gasteiger partial charge in [-0.1, -0.05) is 0 Å². The number of rotatable bonds is 6. The van der Waals surface area contributed by atoms with E-state index in [1.807, 2.05) is 0 Å². The van der Waals surface area contributed by atoms with Gasteiger partial charge < -0.3 is 18.1 Å². The number of nitrogens with two attached hydrogens (primary N) is 1. The van der Waals surface area contributed by atoms with Gasteiger partial charge in [-0.2, -0.15) is 0 Å². The molecule has 1 radical (unpaired) electrons. The third-order valence-electron chi connectivity index (χ3n) is 1.70. The largest absolute Gasteiger partial charge is 0.483 e. The molecule has 4 N–H and O–H groups in total. The number of hydrogen-bond donors (Lipinski definition) is 3. The maximum Gasteiger partial charge on any atom is 0.290 e. The van der Waals surface area contributed by atoms with Crippen LogP contribution in [-0.4, -0.2) is 39.1 Å². The fourth-order valence-electron chi connectivity index (χ4n) is 0.933. The maximum absolute atomic E-state index is 8.56. The molecule has 0 amide bonds. The van der Waals surface area contributed by atoms with Crippen molar-refractivity contribution in [3.63, 3.8) is 0 Å². The van der Waals surface area contributed by atoms with Crippen LogP contribution >= 0.6 is 0 Å². The van der Waals surface area contributed by atoms with E-state index in [2.05, 4.69) is 13.8 Å². The zero-order chi connectivity index (χ0) is 14.1. The molecule has 8 heteroatoms. The van der Waals surface area contributed by atoms with E-state index in [1.165, 1.54) is 33.6 Å². The van der Waals surface area contributed by atoms with E-state index in [1.54, 1.807) is 0 Å². The molecule has 0 bridgehead atoms. The summed E-state index contributed by atoms with van der Waals surface area (Å²) in [5.74, 6) is 0. The minimum absolute atomic E-state index is 0.250. The van der Waals surface area contributed by atoms with Gasteiger partial charge in [0.05, 0.1) is 0 Å². The number of carboxylic acid groups (broad SMARTS) is 1. The summed E-state index contributed by atoms with van der Waals surface area (Å²) in [5.41, 5.74) is 0. The zero-order valence-electron chi connectivity index (χ0n) is 10.4. The summed E-state index contributed by atoms with van der Waals surface area (Å²) < 4.78 is 33.0. The second-order valence-electron chi connectivity index (χ2n) is 3.19. The minimum Gasteiger partial charge on any atom is -0.483 e. The molecule has 0 aromatic rings. The van der Waals surface area contributed by atoms with Crippen LogP contribution in [0, 0.1) is 0 Å². The first-order valence-electron chi connectivity index (χ1n) is 5.42. The Morgan fingerprint density at radius 1 is 1.18 bits per heavy atom. The molecule has 6 nitrogen and oxygen atoms in total. The molecule has 0 rings (SSSR count). The second kappa shape index (κ2) is 21.5. The molecule has 0 unspecified atom stereocenters. The molecule has 105 valence electrons. The first-order chi connectivity index (χ1) is 7.95. The number of carbonyl (C=O) groups is 1. The van der Waals surface area contributed by atoms with Crippen molar-refractivity contribution in [2.24, 2.45) is 3.54 Å². The molecule has 0 atom stereocenters. The predicted octanol–water partition coefficient (Wildman–Crippen LogP) is 2.01. The Kier molecular flexibility index (Phi) is 28.4. The van der Waals surface area contributed by atoms with Crippen LogP contribution in [0.5, 0.6) is 0 Å². The molecule has 0 heterocycles. The fraction of sp³-hybridized carbons (Fsp3) is 0.889. The molecule has 0 aliphatic carbocycles. The Hall–Kier alpha value is 0.262. The van der Waals surface area contributed by atoms with E-state index in [0.29, 0.717) is 0 Å². The molecule has 0 spiro atoms. The SMILES string of the molecule is CCC[CH2][Pb]([NH2])[CH2]CCC.O=CO.O=[S-](=O)O. The zero-order valence-corrected chi connectivity index (χ0v) is 15.1. The van der Waals surface area contributed by atoms with Gasteiger partial charge in [-0.05, 0) is 0 Å². The van der Waals surface area contributed by atoms with Crippen LogP contribution in [0.4, 0.5) is 0 Å². The van der Waals surface area contributed by atoms with Crippen LogP contribution in [0.1, 0.15) is 39.5 Å². The van der Waals surface area contributed by atoms with Gasteiger partial charge >= 0.3 is 74.0 Å². The molecule has 0 aromatic carbocycles. The molecule has 0 aromatic heterocycles. The van der Waals surface area contributed by atoms with Crippen molar-refractivity contribution in [1.82, 2.24) is 0 Å². The second-order valence-corrected chi connectivity index (χ2v) is 12.6. The number of unbranched alkanes of at least 4 members (excludes halogenated alkanes) is 2. The van der Waals surface area contributed by atoms with Crippen molar-refractivity contribution in [1.29, 1.82) is 0 Å². The summed E-state index contributed by atoms with van der Waals surface area (Å²) in [5, 5.41) is 6.89. The minimum atomic E-state index is -2.86. The van der Waals surface area contributed by atoms with Gasteiger partial charge in [0.15, 0.2) is 0 Å². The smallest absolute Gasteiger partial charge is 0.290 e. The van der Waals surface area contributed by atoms with Crippen LogP contribution in [0.15, 0.2) is 0 Å². The fourth-order valence-corrected chi connectivity index (χ4v) is 8.18. The molecule has 0 saturated heterocycles. The van der Waals surface area contributed by atoms with Crippen molar-refractivity contribution in [2.45, 2.75) is 47.5 Å². The topological polar surface area (TPSA) is 118 Å². The first kappa shape index (κ1) is 22.4. The Morgan fingerprint density at radius 2 is 1.41 bits per heavy atom. The van der Waals surface area contributed by atoms with Gasteiger partial charge in [0, 0.05) is 11.0 Å². The summed E-state index contributed by atoms with van der Waals surface area (Å²) in [6.07, 6.45) is 5.44. The third kappa shape index (κ3) is 48.5. The van der Waals surface area contributed by atoms with Gasteiger partial charge in [0.1, 0.15) is 0 Å².